The maximum atomic E-state index is 12.7. The Kier molecular flexibility index (Phi) is 5.56. The lowest BCUT2D eigenvalue weighted by atomic mass is 10.0. The zero-order valence-electron chi connectivity index (χ0n) is 15.5. The number of nitro benzene ring substituents is 1. The van der Waals surface area contributed by atoms with Crippen molar-refractivity contribution < 1.29 is 23.6 Å². The molecule has 0 radical (unpaired) electrons. The van der Waals surface area contributed by atoms with Crippen molar-refractivity contribution in [2.45, 2.75) is 26.9 Å². The van der Waals surface area contributed by atoms with E-state index in [1.54, 1.807) is 45.0 Å². The van der Waals surface area contributed by atoms with E-state index in [1.807, 2.05) is 0 Å². The van der Waals surface area contributed by atoms with Gasteiger partial charge in [-0.05, 0) is 51.1 Å². The van der Waals surface area contributed by atoms with Gasteiger partial charge in [0.25, 0.3) is 0 Å². The van der Waals surface area contributed by atoms with Crippen LogP contribution in [-0.4, -0.2) is 23.6 Å². The summed E-state index contributed by atoms with van der Waals surface area (Å²) in [5.74, 6) is -0.279. The molecule has 0 atom stereocenters. The largest absolute Gasteiger partial charge is 0.484 e. The predicted octanol–water partition coefficient (Wildman–Crippen LogP) is 5.63. The van der Waals surface area contributed by atoms with Crippen LogP contribution >= 0.6 is 11.6 Å². The van der Waals surface area contributed by atoms with Crippen LogP contribution in [0.4, 0.5) is 5.69 Å². The number of hydrogen-bond acceptors (Lipinski definition) is 6. The van der Waals surface area contributed by atoms with Crippen molar-refractivity contribution in [1.29, 1.82) is 0 Å². The summed E-state index contributed by atoms with van der Waals surface area (Å²) in [6.45, 7) is 5.39. The summed E-state index contributed by atoms with van der Waals surface area (Å²) in [6.07, 6.45) is -0.287. The van der Waals surface area contributed by atoms with E-state index in [0.29, 0.717) is 16.0 Å². The summed E-state index contributed by atoms with van der Waals surface area (Å²) in [4.78, 5) is 23.6. The number of halogens is 1. The first-order chi connectivity index (χ1) is 13.3. The first-order valence-corrected chi connectivity index (χ1v) is 9.04. The third-order valence-electron chi connectivity index (χ3n) is 3.91. The molecule has 0 spiro atoms. The summed E-state index contributed by atoms with van der Waals surface area (Å²) in [5, 5.41) is 12.4. The number of nitrogens with zero attached hydrogens (tertiary/aromatic N) is 1. The lowest BCUT2D eigenvalue weighted by molar-refractivity contribution is -0.385. The summed E-state index contributed by atoms with van der Waals surface area (Å²) >= 11 is 5.94. The Balaban J connectivity index is 2.30. The van der Waals surface area contributed by atoms with Gasteiger partial charge in [0.15, 0.2) is 5.75 Å². The summed E-state index contributed by atoms with van der Waals surface area (Å²) in [6, 6.07) is 9.42. The van der Waals surface area contributed by atoms with Gasteiger partial charge >= 0.3 is 11.7 Å². The molecular formula is C20H18ClNO6. The quantitative estimate of drug-likeness (QED) is 0.301. The number of carbonyl (C=O) groups excluding carboxylic acids is 1. The molecule has 3 rings (SSSR count). The van der Waals surface area contributed by atoms with Crippen LogP contribution in [0.2, 0.25) is 5.02 Å². The molecule has 0 N–H and O–H groups in total. The first kappa shape index (κ1) is 19.7. The van der Waals surface area contributed by atoms with Gasteiger partial charge in [0, 0.05) is 16.0 Å². The maximum Gasteiger partial charge on any atom is 0.342 e. The zero-order valence-corrected chi connectivity index (χ0v) is 16.3. The third-order valence-corrected chi connectivity index (χ3v) is 4.17. The molecule has 0 unspecified atom stereocenters. The monoisotopic (exact) mass is 403 g/mol. The van der Waals surface area contributed by atoms with Gasteiger partial charge in [-0.2, -0.15) is 0 Å². The first-order valence-electron chi connectivity index (χ1n) is 8.66. The van der Waals surface area contributed by atoms with Crippen molar-refractivity contribution in [1.82, 2.24) is 0 Å². The highest BCUT2D eigenvalue weighted by Gasteiger charge is 2.28. The minimum atomic E-state index is -0.587. The summed E-state index contributed by atoms with van der Waals surface area (Å²) in [5.41, 5.74) is 0.726. The van der Waals surface area contributed by atoms with Crippen molar-refractivity contribution in [2.24, 2.45) is 0 Å². The van der Waals surface area contributed by atoms with Crippen LogP contribution in [0.3, 0.4) is 0 Å². The van der Waals surface area contributed by atoms with E-state index < -0.39 is 10.9 Å². The Bertz CT molecular complexity index is 1040. The van der Waals surface area contributed by atoms with Gasteiger partial charge in [-0.1, -0.05) is 11.6 Å². The molecule has 0 aliphatic heterocycles. The Morgan fingerprint density at radius 2 is 1.93 bits per heavy atom. The molecule has 3 aromatic rings. The minimum Gasteiger partial charge on any atom is -0.484 e. The van der Waals surface area contributed by atoms with Gasteiger partial charge in [0.2, 0.25) is 0 Å². The van der Waals surface area contributed by atoms with Crippen molar-refractivity contribution in [3.05, 3.63) is 57.1 Å². The average molecular weight is 404 g/mol. The number of hydrogen-bond donors (Lipinski definition) is 0. The van der Waals surface area contributed by atoms with Gasteiger partial charge in [-0.25, -0.2) is 4.79 Å². The van der Waals surface area contributed by atoms with E-state index in [2.05, 4.69) is 0 Å². The number of fused-ring (bicyclic) bond motifs is 1. The molecule has 0 aliphatic carbocycles. The molecule has 0 saturated heterocycles. The van der Waals surface area contributed by atoms with Crippen LogP contribution < -0.4 is 4.74 Å². The van der Waals surface area contributed by atoms with Gasteiger partial charge in [-0.15, -0.1) is 0 Å². The molecule has 0 amide bonds. The second-order valence-electron chi connectivity index (χ2n) is 6.27. The Hall–Kier alpha value is -3.06. The molecule has 146 valence electrons. The predicted molar refractivity (Wildman–Crippen MR) is 105 cm³/mol. The fraction of sp³-hybridized carbons (Fsp3) is 0.250. The Labute approximate surface area is 165 Å². The van der Waals surface area contributed by atoms with E-state index in [4.69, 9.17) is 25.5 Å². The van der Waals surface area contributed by atoms with Gasteiger partial charge in [0.05, 0.1) is 23.7 Å². The van der Waals surface area contributed by atoms with E-state index in [1.165, 1.54) is 12.1 Å². The van der Waals surface area contributed by atoms with Crippen LogP contribution in [-0.2, 0) is 4.74 Å². The lowest BCUT2D eigenvalue weighted by Gasteiger charge is -2.10. The Morgan fingerprint density at radius 1 is 1.25 bits per heavy atom. The molecule has 1 aromatic heterocycles. The number of benzene rings is 2. The third kappa shape index (κ3) is 3.80. The number of ether oxygens (including phenoxy) is 2. The highest BCUT2D eigenvalue weighted by atomic mass is 35.5. The molecular weight excluding hydrogens is 386 g/mol. The van der Waals surface area contributed by atoms with Gasteiger partial charge in [-0.3, -0.25) is 10.1 Å². The molecule has 7 nitrogen and oxygen atoms in total. The SMILES string of the molecule is CCOC(=O)c1c(-c2ccc(Cl)cc2)oc2cc([N+](=O)[O-])c(OC(C)C)cc12. The number of rotatable bonds is 6. The summed E-state index contributed by atoms with van der Waals surface area (Å²) in [7, 11) is 0. The lowest BCUT2D eigenvalue weighted by Crippen LogP contribution is -2.08. The average Bonchev–Trinajstić information content (AvgIpc) is 2.99. The summed E-state index contributed by atoms with van der Waals surface area (Å²) < 4.78 is 16.6. The van der Waals surface area contributed by atoms with E-state index in [0.717, 1.165) is 0 Å². The van der Waals surface area contributed by atoms with Gasteiger partial charge in [0.1, 0.15) is 16.9 Å². The smallest absolute Gasteiger partial charge is 0.342 e. The normalized spacial score (nSPS) is 11.0. The van der Waals surface area contributed by atoms with Crippen molar-refractivity contribution >= 4 is 34.2 Å². The van der Waals surface area contributed by atoms with Crippen molar-refractivity contribution in [3.63, 3.8) is 0 Å². The minimum absolute atomic E-state index is 0.0569. The number of esters is 1. The van der Waals surface area contributed by atoms with Crippen LogP contribution in [0.1, 0.15) is 31.1 Å². The number of furan rings is 1. The molecule has 28 heavy (non-hydrogen) atoms. The highest BCUT2D eigenvalue weighted by Crippen LogP contribution is 2.40. The number of carbonyl (C=O) groups is 1. The van der Waals surface area contributed by atoms with E-state index in [9.17, 15) is 14.9 Å². The molecule has 0 aliphatic rings. The second kappa shape index (κ2) is 7.90. The molecule has 0 bridgehead atoms. The fourth-order valence-corrected chi connectivity index (χ4v) is 2.94. The standard InChI is InChI=1S/C20H18ClNO6/c1-4-26-20(23)18-14-9-17(27-11(2)3)15(22(24)25)10-16(14)28-19(18)12-5-7-13(21)8-6-12/h5-11H,4H2,1-3H3. The zero-order chi connectivity index (χ0) is 20.4. The van der Waals surface area contributed by atoms with Crippen molar-refractivity contribution in [2.75, 3.05) is 6.61 Å². The second-order valence-corrected chi connectivity index (χ2v) is 6.71. The molecule has 8 heteroatoms. The molecule has 1 heterocycles. The van der Waals surface area contributed by atoms with Crippen LogP contribution in [0.5, 0.6) is 5.75 Å². The Morgan fingerprint density at radius 3 is 2.50 bits per heavy atom. The van der Waals surface area contributed by atoms with Crippen LogP contribution in [0, 0.1) is 10.1 Å². The number of nitro groups is 1. The fourth-order valence-electron chi connectivity index (χ4n) is 2.81. The van der Waals surface area contributed by atoms with Crippen LogP contribution in [0.15, 0.2) is 40.8 Å². The molecule has 0 fully saturated rings. The van der Waals surface area contributed by atoms with Crippen LogP contribution in [0.25, 0.3) is 22.3 Å². The van der Waals surface area contributed by atoms with E-state index >= 15 is 0 Å². The van der Waals surface area contributed by atoms with E-state index in [-0.39, 0.29) is 41.1 Å². The maximum absolute atomic E-state index is 12.7. The molecule has 0 saturated carbocycles. The highest BCUT2D eigenvalue weighted by molar-refractivity contribution is 6.30. The topological polar surface area (TPSA) is 91.8 Å². The van der Waals surface area contributed by atoms with Crippen molar-refractivity contribution in [3.8, 4) is 17.1 Å². The molecule has 2 aromatic carbocycles. The van der Waals surface area contributed by atoms with Gasteiger partial charge < -0.3 is 13.9 Å².